The van der Waals surface area contributed by atoms with E-state index in [0.29, 0.717) is 5.88 Å². The van der Waals surface area contributed by atoms with E-state index in [1.807, 2.05) is 36.2 Å². The van der Waals surface area contributed by atoms with Crippen molar-refractivity contribution in [1.82, 2.24) is 24.4 Å². The minimum atomic E-state index is 0.268. The molecule has 0 spiro atoms. The van der Waals surface area contributed by atoms with Crippen LogP contribution in [0.2, 0.25) is 0 Å². The second kappa shape index (κ2) is 5.44. The topological polar surface area (TPSA) is 57.2 Å². The van der Waals surface area contributed by atoms with Crippen LogP contribution in [0.25, 0.3) is 16.8 Å². The largest absolute Gasteiger partial charge is 0.473 e. The Kier molecular flexibility index (Phi) is 3.29. The van der Waals surface area contributed by atoms with Gasteiger partial charge >= 0.3 is 0 Å². The fourth-order valence-electron chi connectivity index (χ4n) is 3.02. The monoisotopic (exact) mass is 297 g/mol. The first-order chi connectivity index (χ1) is 10.8. The number of fused-ring (bicyclic) bond motifs is 1. The number of ether oxygens (including phenoxy) is 1. The molecule has 0 saturated heterocycles. The maximum absolute atomic E-state index is 6.20. The van der Waals surface area contributed by atoms with E-state index < -0.39 is 0 Å². The fourth-order valence-corrected chi connectivity index (χ4v) is 3.02. The lowest BCUT2D eigenvalue weighted by atomic mass is 9.98. The number of nitrogens with zero attached hydrogens (tertiary/aromatic N) is 5. The lowest BCUT2D eigenvalue weighted by molar-refractivity contribution is 0.150. The molecule has 1 aliphatic rings. The van der Waals surface area contributed by atoms with Crippen molar-refractivity contribution in [2.45, 2.75) is 38.2 Å². The van der Waals surface area contributed by atoms with E-state index in [9.17, 15) is 0 Å². The summed E-state index contributed by atoms with van der Waals surface area (Å²) in [5.74, 6) is 0.672. The molecule has 4 rings (SSSR count). The van der Waals surface area contributed by atoms with Gasteiger partial charge in [0, 0.05) is 18.8 Å². The Morgan fingerprint density at radius 3 is 2.77 bits per heavy atom. The van der Waals surface area contributed by atoms with Gasteiger partial charge in [-0.15, -0.1) is 0 Å². The van der Waals surface area contributed by atoms with Gasteiger partial charge in [0.25, 0.3) is 0 Å². The van der Waals surface area contributed by atoms with Crippen molar-refractivity contribution in [3.05, 3.63) is 30.9 Å². The smallest absolute Gasteiger partial charge is 0.240 e. The van der Waals surface area contributed by atoms with Crippen LogP contribution in [0.15, 0.2) is 30.9 Å². The first-order valence-corrected chi connectivity index (χ1v) is 7.80. The second-order valence-electron chi connectivity index (χ2n) is 5.87. The predicted molar refractivity (Wildman–Crippen MR) is 82.7 cm³/mol. The van der Waals surface area contributed by atoms with Crippen molar-refractivity contribution in [2.24, 2.45) is 7.05 Å². The molecule has 0 radical (unpaired) electrons. The van der Waals surface area contributed by atoms with E-state index in [-0.39, 0.29) is 6.10 Å². The van der Waals surface area contributed by atoms with Crippen molar-refractivity contribution in [3.63, 3.8) is 0 Å². The zero-order chi connectivity index (χ0) is 14.9. The molecule has 0 aliphatic heterocycles. The first-order valence-electron chi connectivity index (χ1n) is 7.80. The Morgan fingerprint density at radius 1 is 1.14 bits per heavy atom. The molecule has 1 aliphatic carbocycles. The van der Waals surface area contributed by atoms with Crippen molar-refractivity contribution in [3.8, 4) is 17.1 Å². The Hall–Kier alpha value is -2.37. The highest BCUT2D eigenvalue weighted by molar-refractivity contribution is 5.63. The van der Waals surface area contributed by atoms with Crippen LogP contribution in [0.4, 0.5) is 0 Å². The van der Waals surface area contributed by atoms with E-state index >= 15 is 0 Å². The van der Waals surface area contributed by atoms with Gasteiger partial charge in [0.05, 0.1) is 24.3 Å². The van der Waals surface area contributed by atoms with E-state index in [1.54, 1.807) is 10.9 Å². The molecule has 1 saturated carbocycles. The quantitative estimate of drug-likeness (QED) is 0.746. The zero-order valence-corrected chi connectivity index (χ0v) is 12.6. The third kappa shape index (κ3) is 2.45. The molecule has 0 aromatic carbocycles. The van der Waals surface area contributed by atoms with Crippen LogP contribution < -0.4 is 4.74 Å². The molecular weight excluding hydrogens is 278 g/mol. The molecule has 22 heavy (non-hydrogen) atoms. The van der Waals surface area contributed by atoms with Gasteiger partial charge in [0.15, 0.2) is 0 Å². The van der Waals surface area contributed by atoms with Crippen LogP contribution in [0.5, 0.6) is 5.88 Å². The number of hydrogen-bond donors (Lipinski definition) is 0. The number of rotatable bonds is 3. The highest BCUT2D eigenvalue weighted by atomic mass is 16.5. The van der Waals surface area contributed by atoms with Crippen LogP contribution in [0.1, 0.15) is 32.1 Å². The van der Waals surface area contributed by atoms with Gasteiger partial charge < -0.3 is 4.74 Å². The van der Waals surface area contributed by atoms with Gasteiger partial charge in [0.2, 0.25) is 5.88 Å². The molecule has 114 valence electrons. The standard InChI is InChI=1S/C16H19N5O/c1-20-10-12(9-18-20)14-11-21-15(7-8-17-21)16(19-14)22-13-5-3-2-4-6-13/h7-11,13H,2-6H2,1H3. The minimum absolute atomic E-state index is 0.268. The summed E-state index contributed by atoms with van der Waals surface area (Å²) >= 11 is 0. The van der Waals surface area contributed by atoms with E-state index in [1.165, 1.54) is 19.3 Å². The molecule has 6 nitrogen and oxygen atoms in total. The SMILES string of the molecule is Cn1cc(-c2cn3nccc3c(OC3CCCCC3)n2)cn1. The molecule has 1 fully saturated rings. The van der Waals surface area contributed by atoms with E-state index in [0.717, 1.165) is 29.6 Å². The van der Waals surface area contributed by atoms with Crippen molar-refractivity contribution < 1.29 is 4.74 Å². The fraction of sp³-hybridized carbons (Fsp3) is 0.438. The van der Waals surface area contributed by atoms with Gasteiger partial charge in [-0.05, 0) is 31.7 Å². The average Bonchev–Trinajstić information content (AvgIpc) is 3.17. The zero-order valence-electron chi connectivity index (χ0n) is 12.6. The Labute approximate surface area is 128 Å². The van der Waals surface area contributed by atoms with Crippen LogP contribution in [0, 0.1) is 0 Å². The molecule has 0 N–H and O–H groups in total. The van der Waals surface area contributed by atoms with Gasteiger partial charge in [-0.2, -0.15) is 10.2 Å². The third-order valence-electron chi connectivity index (χ3n) is 4.19. The van der Waals surface area contributed by atoms with E-state index in [2.05, 4.69) is 10.2 Å². The third-order valence-corrected chi connectivity index (χ3v) is 4.19. The van der Waals surface area contributed by atoms with Crippen molar-refractivity contribution in [2.75, 3.05) is 0 Å². The van der Waals surface area contributed by atoms with Gasteiger partial charge in [-0.1, -0.05) is 6.42 Å². The lowest BCUT2D eigenvalue weighted by Crippen LogP contribution is -2.20. The molecular formula is C16H19N5O. The summed E-state index contributed by atoms with van der Waals surface area (Å²) in [6.45, 7) is 0. The second-order valence-corrected chi connectivity index (χ2v) is 5.87. The maximum atomic E-state index is 6.20. The summed E-state index contributed by atoms with van der Waals surface area (Å²) in [4.78, 5) is 4.71. The lowest BCUT2D eigenvalue weighted by Gasteiger charge is -2.22. The Balaban J connectivity index is 1.73. The predicted octanol–water partition coefficient (Wildman–Crippen LogP) is 2.84. The van der Waals surface area contributed by atoms with Crippen molar-refractivity contribution >= 4 is 5.52 Å². The summed E-state index contributed by atoms with van der Waals surface area (Å²) < 4.78 is 9.79. The molecule has 3 aromatic rings. The Bertz CT molecular complexity index is 785. The van der Waals surface area contributed by atoms with Crippen LogP contribution in [0.3, 0.4) is 0 Å². The maximum Gasteiger partial charge on any atom is 0.240 e. The number of hydrogen-bond acceptors (Lipinski definition) is 4. The first kappa shape index (κ1) is 13.3. The molecule has 3 aromatic heterocycles. The summed E-state index contributed by atoms with van der Waals surface area (Å²) in [6, 6.07) is 1.94. The average molecular weight is 297 g/mol. The van der Waals surface area contributed by atoms with Gasteiger partial charge in [-0.25, -0.2) is 9.50 Å². The van der Waals surface area contributed by atoms with Crippen molar-refractivity contribution in [1.29, 1.82) is 0 Å². The molecule has 6 heteroatoms. The van der Waals surface area contributed by atoms with Crippen LogP contribution in [-0.2, 0) is 7.05 Å². The molecule has 0 unspecified atom stereocenters. The highest BCUT2D eigenvalue weighted by Crippen LogP contribution is 2.27. The van der Waals surface area contributed by atoms with Crippen LogP contribution in [-0.4, -0.2) is 30.5 Å². The minimum Gasteiger partial charge on any atom is -0.473 e. The van der Waals surface area contributed by atoms with E-state index in [4.69, 9.17) is 9.72 Å². The molecule has 3 heterocycles. The summed E-state index contributed by atoms with van der Waals surface area (Å²) in [5, 5.41) is 8.55. The summed E-state index contributed by atoms with van der Waals surface area (Å²) in [6.07, 6.45) is 13.7. The van der Waals surface area contributed by atoms with Gasteiger partial charge in [0.1, 0.15) is 11.6 Å². The van der Waals surface area contributed by atoms with Crippen LogP contribution >= 0.6 is 0 Å². The highest BCUT2D eigenvalue weighted by Gasteiger charge is 2.18. The molecule has 0 amide bonds. The van der Waals surface area contributed by atoms with Gasteiger partial charge in [-0.3, -0.25) is 4.68 Å². The number of aryl methyl sites for hydroxylation is 1. The summed E-state index contributed by atoms with van der Waals surface area (Å²) in [7, 11) is 1.90. The normalized spacial score (nSPS) is 16.2. The summed E-state index contributed by atoms with van der Waals surface area (Å²) in [5.41, 5.74) is 2.71. The Morgan fingerprint density at radius 2 is 2.00 bits per heavy atom. The number of aromatic nitrogens is 5. The molecule has 0 bridgehead atoms. The molecule has 0 atom stereocenters.